The summed E-state index contributed by atoms with van der Waals surface area (Å²) < 4.78 is 7.10. The zero-order chi connectivity index (χ0) is 18.6. The molecule has 1 aliphatic rings. The van der Waals surface area contributed by atoms with E-state index in [2.05, 4.69) is 20.2 Å². The molecule has 0 N–H and O–H groups in total. The number of hydrogen-bond acceptors (Lipinski definition) is 6. The van der Waals surface area contributed by atoms with Crippen molar-refractivity contribution in [3.05, 3.63) is 48.3 Å². The molecule has 0 saturated carbocycles. The number of nitrogens with zero attached hydrogens (tertiary/aromatic N) is 6. The first-order valence-corrected chi connectivity index (χ1v) is 9.32. The van der Waals surface area contributed by atoms with E-state index in [0.717, 1.165) is 31.4 Å². The summed E-state index contributed by atoms with van der Waals surface area (Å²) in [5.41, 5.74) is 1.51. The minimum absolute atomic E-state index is 0.0578. The number of rotatable bonds is 6. The predicted octanol–water partition coefficient (Wildman–Crippen LogP) is 2.59. The van der Waals surface area contributed by atoms with Crippen LogP contribution in [0.2, 0.25) is 0 Å². The topological polar surface area (TPSA) is 89.9 Å². The van der Waals surface area contributed by atoms with E-state index in [1.165, 1.54) is 0 Å². The summed E-state index contributed by atoms with van der Waals surface area (Å²) in [6.07, 6.45) is 8.59. The quantitative estimate of drug-likeness (QED) is 0.666. The van der Waals surface area contributed by atoms with E-state index in [1.54, 1.807) is 29.3 Å². The Kier molecular flexibility index (Phi) is 4.95. The second-order valence-corrected chi connectivity index (χ2v) is 6.62. The van der Waals surface area contributed by atoms with Crippen molar-refractivity contribution in [2.75, 3.05) is 6.54 Å². The van der Waals surface area contributed by atoms with Crippen molar-refractivity contribution in [1.82, 2.24) is 29.8 Å². The lowest BCUT2D eigenvalue weighted by Crippen LogP contribution is -2.37. The smallest absolute Gasteiger partial charge is 0.272 e. The molecule has 27 heavy (non-hydrogen) atoms. The van der Waals surface area contributed by atoms with E-state index >= 15 is 0 Å². The van der Waals surface area contributed by atoms with Crippen LogP contribution in [-0.4, -0.2) is 48.3 Å². The molecule has 3 aromatic rings. The Morgan fingerprint density at radius 2 is 2.11 bits per heavy atom. The molecule has 140 valence electrons. The van der Waals surface area contributed by atoms with E-state index < -0.39 is 0 Å². The van der Waals surface area contributed by atoms with Crippen molar-refractivity contribution < 1.29 is 9.32 Å². The molecular formula is C19H22N6O2. The number of carbonyl (C=O) groups is 1. The molecule has 4 heterocycles. The largest absolute Gasteiger partial charge is 0.334 e. The Hall–Kier alpha value is -3.03. The summed E-state index contributed by atoms with van der Waals surface area (Å²) in [6.45, 7) is 3.46. The van der Waals surface area contributed by atoms with Crippen molar-refractivity contribution in [3.8, 4) is 11.5 Å². The molecule has 3 aromatic heterocycles. The summed E-state index contributed by atoms with van der Waals surface area (Å²) in [5.74, 6) is 1.22. The number of aryl methyl sites for hydroxylation is 2. The Balaban J connectivity index is 1.41. The third-order valence-electron chi connectivity index (χ3n) is 4.97. The van der Waals surface area contributed by atoms with Crippen LogP contribution in [0.3, 0.4) is 0 Å². The highest BCUT2D eigenvalue weighted by atomic mass is 16.5. The second kappa shape index (κ2) is 7.69. The second-order valence-electron chi connectivity index (χ2n) is 6.62. The summed E-state index contributed by atoms with van der Waals surface area (Å²) in [6, 6.07) is 5.67. The monoisotopic (exact) mass is 366 g/mol. The van der Waals surface area contributed by atoms with E-state index in [4.69, 9.17) is 4.52 Å². The summed E-state index contributed by atoms with van der Waals surface area (Å²) in [7, 11) is 0. The molecule has 8 nitrogen and oxygen atoms in total. The molecule has 0 radical (unpaired) electrons. The third kappa shape index (κ3) is 3.60. The number of amides is 1. The van der Waals surface area contributed by atoms with Gasteiger partial charge < -0.3 is 9.42 Å². The molecule has 0 aromatic carbocycles. The summed E-state index contributed by atoms with van der Waals surface area (Å²) in [4.78, 5) is 23.3. The molecule has 1 atom stereocenters. The molecule has 1 aliphatic heterocycles. The van der Waals surface area contributed by atoms with Crippen LogP contribution in [0.4, 0.5) is 0 Å². The first-order chi connectivity index (χ1) is 13.3. The molecule has 0 aliphatic carbocycles. The maximum atomic E-state index is 12.9. The van der Waals surface area contributed by atoms with Gasteiger partial charge in [-0.1, -0.05) is 5.16 Å². The average Bonchev–Trinajstić information content (AvgIpc) is 3.46. The van der Waals surface area contributed by atoms with E-state index in [0.29, 0.717) is 30.4 Å². The first kappa shape index (κ1) is 17.4. The van der Waals surface area contributed by atoms with Crippen LogP contribution in [0.5, 0.6) is 0 Å². The molecule has 1 unspecified atom stereocenters. The van der Waals surface area contributed by atoms with Crippen LogP contribution in [0.15, 0.2) is 41.3 Å². The predicted molar refractivity (Wildman–Crippen MR) is 97.8 cm³/mol. The fourth-order valence-corrected chi connectivity index (χ4v) is 3.58. The van der Waals surface area contributed by atoms with Crippen molar-refractivity contribution in [1.29, 1.82) is 0 Å². The fraction of sp³-hybridized carbons (Fsp3) is 0.421. The molecular weight excluding hydrogens is 344 g/mol. The molecule has 8 heteroatoms. The van der Waals surface area contributed by atoms with Gasteiger partial charge >= 0.3 is 0 Å². The summed E-state index contributed by atoms with van der Waals surface area (Å²) in [5, 5.41) is 8.29. The Morgan fingerprint density at radius 3 is 2.93 bits per heavy atom. The van der Waals surface area contributed by atoms with Gasteiger partial charge in [-0.2, -0.15) is 10.1 Å². The lowest BCUT2D eigenvalue weighted by atomic mass is 10.1. The number of hydrogen-bond donors (Lipinski definition) is 0. The maximum absolute atomic E-state index is 12.9. The van der Waals surface area contributed by atoms with Gasteiger partial charge in [0.1, 0.15) is 5.69 Å². The van der Waals surface area contributed by atoms with Crippen molar-refractivity contribution >= 4 is 5.91 Å². The minimum atomic E-state index is 0.0578. The van der Waals surface area contributed by atoms with Crippen LogP contribution in [0.25, 0.3) is 11.5 Å². The van der Waals surface area contributed by atoms with E-state index in [-0.39, 0.29) is 11.9 Å². The highest BCUT2D eigenvalue weighted by molar-refractivity contribution is 5.92. The first-order valence-electron chi connectivity index (χ1n) is 9.32. The molecule has 4 rings (SSSR count). The van der Waals surface area contributed by atoms with Crippen molar-refractivity contribution in [2.45, 2.75) is 45.2 Å². The Labute approximate surface area is 157 Å². The average molecular weight is 366 g/mol. The molecule has 1 saturated heterocycles. The highest BCUT2D eigenvalue weighted by Crippen LogP contribution is 2.24. The molecule has 0 bridgehead atoms. The third-order valence-corrected chi connectivity index (χ3v) is 4.97. The van der Waals surface area contributed by atoms with Crippen LogP contribution in [-0.2, 0) is 13.0 Å². The van der Waals surface area contributed by atoms with Gasteiger partial charge in [0.2, 0.25) is 0 Å². The molecule has 1 amide bonds. The lowest BCUT2D eigenvalue weighted by Gasteiger charge is -2.24. The summed E-state index contributed by atoms with van der Waals surface area (Å²) >= 11 is 0. The van der Waals surface area contributed by atoms with Gasteiger partial charge in [-0.25, -0.2) is 0 Å². The van der Waals surface area contributed by atoms with E-state index in [9.17, 15) is 4.79 Å². The van der Waals surface area contributed by atoms with Gasteiger partial charge in [0.05, 0.1) is 0 Å². The van der Waals surface area contributed by atoms with Gasteiger partial charge in [-0.15, -0.1) is 0 Å². The van der Waals surface area contributed by atoms with Crippen molar-refractivity contribution in [2.24, 2.45) is 0 Å². The Bertz CT molecular complexity index is 904. The lowest BCUT2D eigenvalue weighted by molar-refractivity contribution is 0.0717. The number of pyridine rings is 1. The molecule has 1 fully saturated rings. The van der Waals surface area contributed by atoms with Crippen LogP contribution < -0.4 is 0 Å². The van der Waals surface area contributed by atoms with Crippen molar-refractivity contribution in [3.63, 3.8) is 0 Å². The van der Waals surface area contributed by atoms with Gasteiger partial charge in [0.15, 0.2) is 5.82 Å². The van der Waals surface area contributed by atoms with Crippen LogP contribution in [0, 0.1) is 0 Å². The number of carbonyl (C=O) groups excluding carboxylic acids is 1. The normalized spacial score (nSPS) is 16.8. The maximum Gasteiger partial charge on any atom is 0.272 e. The minimum Gasteiger partial charge on any atom is -0.334 e. The SMILES string of the molecule is CCn1nccc1C(=O)N1CCCC1CCc1noc(-c2ccncc2)n1. The van der Waals surface area contributed by atoms with Gasteiger partial charge in [-0.05, 0) is 44.4 Å². The van der Waals surface area contributed by atoms with E-state index in [1.807, 2.05) is 24.0 Å². The van der Waals surface area contributed by atoms with Crippen LogP contribution >= 0.6 is 0 Å². The Morgan fingerprint density at radius 1 is 1.26 bits per heavy atom. The number of aromatic nitrogens is 5. The standard InChI is InChI=1S/C19H22N6O2/c1-2-25-16(9-12-21-25)19(26)24-13-3-4-15(24)5-6-17-22-18(27-23-17)14-7-10-20-11-8-14/h7-12,15H,2-6,13H2,1H3. The number of likely N-dealkylation sites (tertiary alicyclic amines) is 1. The molecule has 0 spiro atoms. The zero-order valence-electron chi connectivity index (χ0n) is 15.3. The van der Waals surface area contributed by atoms with Gasteiger partial charge in [0, 0.05) is 49.7 Å². The zero-order valence-corrected chi connectivity index (χ0v) is 15.3. The fourth-order valence-electron chi connectivity index (χ4n) is 3.58. The van der Waals surface area contributed by atoms with Crippen LogP contribution in [0.1, 0.15) is 42.5 Å². The van der Waals surface area contributed by atoms with Gasteiger partial charge in [0.25, 0.3) is 11.8 Å². The van der Waals surface area contributed by atoms with Gasteiger partial charge in [-0.3, -0.25) is 14.5 Å². The highest BCUT2D eigenvalue weighted by Gasteiger charge is 2.31.